The zero-order chi connectivity index (χ0) is 7.61. The van der Waals surface area contributed by atoms with Crippen molar-refractivity contribution in [1.82, 2.24) is 0 Å². The van der Waals surface area contributed by atoms with Crippen LogP contribution in [0.25, 0.3) is 0 Å². The lowest BCUT2D eigenvalue weighted by Crippen LogP contribution is -2.21. The smallest absolute Gasteiger partial charge is 0.138 e. The molecule has 1 rings (SSSR count). The van der Waals surface area contributed by atoms with Gasteiger partial charge in [-0.05, 0) is 19.3 Å². The molecule has 0 bridgehead atoms. The highest BCUT2D eigenvalue weighted by molar-refractivity contribution is 14.1. The third kappa shape index (κ3) is 1.52. The molecule has 0 amide bonds. The van der Waals surface area contributed by atoms with Gasteiger partial charge >= 0.3 is 0 Å². The molecule has 1 fully saturated rings. The number of rotatable bonds is 2. The first-order valence-corrected chi connectivity index (χ1v) is 5.31. The van der Waals surface area contributed by atoms with Gasteiger partial charge in [0.1, 0.15) is 5.78 Å². The van der Waals surface area contributed by atoms with Crippen LogP contribution < -0.4 is 0 Å². The minimum atomic E-state index is 0.0567. The summed E-state index contributed by atoms with van der Waals surface area (Å²) in [5, 5.41) is 0. The van der Waals surface area contributed by atoms with Crippen LogP contribution in [0.4, 0.5) is 0 Å². The van der Waals surface area contributed by atoms with Crippen LogP contribution in [0.15, 0.2) is 0 Å². The van der Waals surface area contributed by atoms with E-state index in [0.29, 0.717) is 5.78 Å². The Labute approximate surface area is 75.7 Å². The molecule has 0 radical (unpaired) electrons. The Bertz CT molecular complexity index is 144. The van der Waals surface area contributed by atoms with E-state index in [0.717, 1.165) is 30.1 Å². The summed E-state index contributed by atoms with van der Waals surface area (Å²) >= 11 is 2.34. The predicted molar refractivity (Wildman–Crippen MR) is 50.5 cm³/mol. The summed E-state index contributed by atoms with van der Waals surface area (Å²) in [4.78, 5) is 11.3. The number of carbonyl (C=O) groups excluding carboxylic acids is 1. The molecule has 1 atom stereocenters. The van der Waals surface area contributed by atoms with Crippen LogP contribution in [0.5, 0.6) is 0 Å². The fourth-order valence-corrected chi connectivity index (χ4v) is 2.74. The van der Waals surface area contributed by atoms with Crippen LogP contribution in [0.2, 0.25) is 0 Å². The average Bonchev–Trinajstić information content (AvgIpc) is 2.15. The van der Waals surface area contributed by atoms with Gasteiger partial charge in [-0.25, -0.2) is 0 Å². The van der Waals surface area contributed by atoms with E-state index in [1.807, 2.05) is 0 Å². The third-order valence-corrected chi connectivity index (χ3v) is 2.99. The highest BCUT2D eigenvalue weighted by Gasteiger charge is 2.35. The van der Waals surface area contributed by atoms with Gasteiger partial charge in [-0.15, -0.1) is 0 Å². The Morgan fingerprint density at radius 3 is 2.80 bits per heavy atom. The van der Waals surface area contributed by atoms with Crippen LogP contribution in [0.1, 0.15) is 32.6 Å². The summed E-state index contributed by atoms with van der Waals surface area (Å²) in [5.74, 6) is 0.490. The second-order valence-corrected chi connectivity index (χ2v) is 4.36. The summed E-state index contributed by atoms with van der Waals surface area (Å²) in [6.07, 6.45) is 4.14. The van der Waals surface area contributed by atoms with Crippen molar-refractivity contribution in [3.63, 3.8) is 0 Å². The maximum Gasteiger partial charge on any atom is 0.138 e. The molecule has 10 heavy (non-hydrogen) atoms. The molecule has 2 heteroatoms. The number of carbonyl (C=O) groups is 1. The fraction of sp³-hybridized carbons (Fsp3) is 0.875. The van der Waals surface area contributed by atoms with Crippen LogP contribution in [-0.2, 0) is 4.79 Å². The highest BCUT2D eigenvalue weighted by Crippen LogP contribution is 2.37. The molecular weight excluding hydrogens is 239 g/mol. The summed E-state index contributed by atoms with van der Waals surface area (Å²) in [5.41, 5.74) is 0.0567. The Morgan fingerprint density at radius 2 is 2.40 bits per heavy atom. The first kappa shape index (κ1) is 8.50. The minimum Gasteiger partial charge on any atom is -0.299 e. The van der Waals surface area contributed by atoms with E-state index in [1.54, 1.807) is 0 Å². The molecule has 1 aliphatic rings. The quantitative estimate of drug-likeness (QED) is 0.545. The maximum atomic E-state index is 11.3. The minimum absolute atomic E-state index is 0.0567. The van der Waals surface area contributed by atoms with Gasteiger partial charge < -0.3 is 0 Å². The molecule has 0 aromatic rings. The number of hydrogen-bond donors (Lipinski definition) is 0. The van der Waals surface area contributed by atoms with Crippen molar-refractivity contribution in [2.75, 3.05) is 4.43 Å². The Kier molecular flexibility index (Phi) is 2.72. The van der Waals surface area contributed by atoms with Crippen LogP contribution >= 0.6 is 22.6 Å². The number of hydrogen-bond acceptors (Lipinski definition) is 1. The van der Waals surface area contributed by atoms with Gasteiger partial charge in [-0.2, -0.15) is 0 Å². The highest BCUT2D eigenvalue weighted by atomic mass is 127. The molecule has 0 heterocycles. The molecule has 58 valence electrons. The normalized spacial score (nSPS) is 33.2. The van der Waals surface area contributed by atoms with E-state index in [4.69, 9.17) is 0 Å². The summed E-state index contributed by atoms with van der Waals surface area (Å²) in [6, 6.07) is 0. The van der Waals surface area contributed by atoms with Crippen molar-refractivity contribution in [2.45, 2.75) is 32.6 Å². The summed E-state index contributed by atoms with van der Waals surface area (Å²) in [7, 11) is 0. The number of ketones is 1. The average molecular weight is 252 g/mol. The van der Waals surface area contributed by atoms with E-state index in [-0.39, 0.29) is 5.41 Å². The van der Waals surface area contributed by atoms with E-state index in [2.05, 4.69) is 29.5 Å². The molecule has 0 aromatic carbocycles. The largest absolute Gasteiger partial charge is 0.299 e. The van der Waals surface area contributed by atoms with Gasteiger partial charge in [0.15, 0.2) is 0 Å². The van der Waals surface area contributed by atoms with Crippen LogP contribution in [0, 0.1) is 5.41 Å². The molecule has 0 aromatic heterocycles. The molecule has 1 saturated carbocycles. The second kappa shape index (κ2) is 3.20. The predicted octanol–water partition coefficient (Wildman–Crippen LogP) is 2.57. The SMILES string of the molecule is C[C@]1(CCI)CCCC1=O. The first-order valence-electron chi connectivity index (χ1n) is 3.78. The molecular formula is C8H13IO. The van der Waals surface area contributed by atoms with Gasteiger partial charge in [-0.1, -0.05) is 29.5 Å². The molecule has 0 saturated heterocycles. The second-order valence-electron chi connectivity index (χ2n) is 3.28. The molecule has 0 spiro atoms. The van der Waals surface area contributed by atoms with E-state index < -0.39 is 0 Å². The van der Waals surface area contributed by atoms with Gasteiger partial charge in [0, 0.05) is 16.3 Å². The lowest BCUT2D eigenvalue weighted by atomic mass is 9.85. The van der Waals surface area contributed by atoms with Crippen molar-refractivity contribution >= 4 is 28.4 Å². The Morgan fingerprint density at radius 1 is 1.70 bits per heavy atom. The monoisotopic (exact) mass is 252 g/mol. The molecule has 0 aliphatic heterocycles. The summed E-state index contributed by atoms with van der Waals surface area (Å²) < 4.78 is 1.11. The van der Waals surface area contributed by atoms with Crippen molar-refractivity contribution in [2.24, 2.45) is 5.41 Å². The van der Waals surface area contributed by atoms with Gasteiger partial charge in [0.05, 0.1) is 0 Å². The zero-order valence-electron chi connectivity index (χ0n) is 6.32. The van der Waals surface area contributed by atoms with Crippen molar-refractivity contribution in [1.29, 1.82) is 0 Å². The number of halogens is 1. The van der Waals surface area contributed by atoms with Crippen LogP contribution in [0.3, 0.4) is 0 Å². The van der Waals surface area contributed by atoms with E-state index in [9.17, 15) is 4.79 Å². The third-order valence-electron chi connectivity index (χ3n) is 2.45. The Hall–Kier alpha value is 0.400. The van der Waals surface area contributed by atoms with Gasteiger partial charge in [-0.3, -0.25) is 4.79 Å². The van der Waals surface area contributed by atoms with Crippen molar-refractivity contribution in [3.05, 3.63) is 0 Å². The summed E-state index contributed by atoms with van der Waals surface area (Å²) in [6.45, 7) is 2.11. The standard InChI is InChI=1S/C8H13IO/c1-8(5-6-9)4-2-3-7(8)10/h2-6H2,1H3/t8-/m1/s1. The van der Waals surface area contributed by atoms with E-state index >= 15 is 0 Å². The number of Topliss-reactive ketones (excluding diaryl/α,β-unsaturated/α-hetero) is 1. The first-order chi connectivity index (χ1) is 4.69. The Balaban J connectivity index is 2.57. The number of alkyl halides is 1. The lowest BCUT2D eigenvalue weighted by Gasteiger charge is -2.19. The lowest BCUT2D eigenvalue weighted by molar-refractivity contribution is -0.125. The van der Waals surface area contributed by atoms with E-state index in [1.165, 1.54) is 0 Å². The van der Waals surface area contributed by atoms with Crippen molar-refractivity contribution < 1.29 is 4.79 Å². The fourth-order valence-electron chi connectivity index (χ4n) is 1.55. The zero-order valence-corrected chi connectivity index (χ0v) is 8.48. The molecule has 1 aliphatic carbocycles. The maximum absolute atomic E-state index is 11.3. The van der Waals surface area contributed by atoms with Crippen molar-refractivity contribution in [3.8, 4) is 0 Å². The molecule has 0 unspecified atom stereocenters. The molecule has 1 nitrogen and oxygen atoms in total. The topological polar surface area (TPSA) is 17.1 Å². The van der Waals surface area contributed by atoms with Gasteiger partial charge in [0.2, 0.25) is 0 Å². The van der Waals surface area contributed by atoms with Crippen LogP contribution in [-0.4, -0.2) is 10.2 Å². The van der Waals surface area contributed by atoms with Gasteiger partial charge in [0.25, 0.3) is 0 Å². The molecule has 0 N–H and O–H groups in total.